The van der Waals surface area contributed by atoms with Gasteiger partial charge in [-0.05, 0) is 48.0 Å². The van der Waals surface area contributed by atoms with E-state index in [1.807, 2.05) is 0 Å². The van der Waals surface area contributed by atoms with Crippen LogP contribution in [0.25, 0.3) is 6.08 Å². The van der Waals surface area contributed by atoms with Crippen LogP contribution in [0.1, 0.15) is 5.56 Å². The van der Waals surface area contributed by atoms with Crippen LogP contribution in [0.2, 0.25) is 10.0 Å². The quantitative estimate of drug-likeness (QED) is 0.306. The van der Waals surface area contributed by atoms with Gasteiger partial charge in [0, 0.05) is 0 Å². The highest BCUT2D eigenvalue weighted by Gasteiger charge is 2.20. The van der Waals surface area contributed by atoms with Crippen LogP contribution >= 0.6 is 23.2 Å². The van der Waals surface area contributed by atoms with Crippen molar-refractivity contribution in [3.05, 3.63) is 99.8 Å². The van der Waals surface area contributed by atoms with E-state index in [-0.39, 0.29) is 5.57 Å². The van der Waals surface area contributed by atoms with E-state index < -0.39 is 17.6 Å². The fourth-order valence-corrected chi connectivity index (χ4v) is 2.83. The molecule has 0 fully saturated rings. The number of anilines is 2. The standard InChI is InChI=1S/C22H15Cl2FN2O2/c23-17-5-1-3-7-19(17)26-21(28)16(13-14-9-11-15(25)12-10-14)22(29)27-20-8-4-2-6-18(20)24/h1-13H,(H,26,28)(H,27,29). The van der Waals surface area contributed by atoms with E-state index in [9.17, 15) is 14.0 Å². The van der Waals surface area contributed by atoms with Crippen LogP contribution in [0.3, 0.4) is 0 Å². The molecule has 2 amide bonds. The number of nitrogens with one attached hydrogen (secondary N) is 2. The second-order valence-corrected chi connectivity index (χ2v) is 6.79. The van der Waals surface area contributed by atoms with Crippen LogP contribution in [-0.4, -0.2) is 11.8 Å². The predicted octanol–water partition coefficient (Wildman–Crippen LogP) is 5.79. The van der Waals surface area contributed by atoms with Gasteiger partial charge in [0.05, 0.1) is 21.4 Å². The van der Waals surface area contributed by atoms with Gasteiger partial charge in [0.15, 0.2) is 0 Å². The van der Waals surface area contributed by atoms with Gasteiger partial charge in [-0.1, -0.05) is 59.6 Å². The van der Waals surface area contributed by atoms with Crippen molar-refractivity contribution in [1.29, 1.82) is 0 Å². The molecule has 0 aliphatic rings. The topological polar surface area (TPSA) is 58.2 Å². The average molecular weight is 429 g/mol. The summed E-state index contributed by atoms with van der Waals surface area (Å²) in [5.41, 5.74) is 0.992. The number of para-hydroxylation sites is 2. The van der Waals surface area contributed by atoms with E-state index in [0.29, 0.717) is 27.0 Å². The maximum absolute atomic E-state index is 13.2. The first-order chi connectivity index (χ1) is 13.9. The lowest BCUT2D eigenvalue weighted by Gasteiger charge is -2.12. The largest absolute Gasteiger partial charge is 0.320 e. The molecule has 0 aliphatic heterocycles. The number of halogens is 3. The lowest BCUT2D eigenvalue weighted by atomic mass is 10.1. The molecule has 3 aromatic carbocycles. The first-order valence-electron chi connectivity index (χ1n) is 8.53. The number of rotatable bonds is 5. The number of carbonyl (C=O) groups excluding carboxylic acids is 2. The highest BCUT2D eigenvalue weighted by molar-refractivity contribution is 6.36. The molecule has 0 bridgehead atoms. The lowest BCUT2D eigenvalue weighted by molar-refractivity contribution is -0.118. The minimum absolute atomic E-state index is 0.198. The SMILES string of the molecule is O=C(Nc1ccccc1Cl)C(=Cc1ccc(F)cc1)C(=O)Nc1ccccc1Cl. The van der Waals surface area contributed by atoms with Crippen LogP contribution in [0.4, 0.5) is 15.8 Å². The Labute approximate surface area is 177 Å². The number of hydrogen-bond acceptors (Lipinski definition) is 2. The Morgan fingerprint density at radius 2 is 1.17 bits per heavy atom. The van der Waals surface area contributed by atoms with Gasteiger partial charge in [-0.25, -0.2) is 4.39 Å². The van der Waals surface area contributed by atoms with Gasteiger partial charge in [-0.3, -0.25) is 9.59 Å². The second kappa shape index (κ2) is 9.37. The van der Waals surface area contributed by atoms with Crippen molar-refractivity contribution in [1.82, 2.24) is 0 Å². The summed E-state index contributed by atoms with van der Waals surface area (Å²) in [6.07, 6.45) is 1.36. The van der Waals surface area contributed by atoms with Crippen LogP contribution < -0.4 is 10.6 Å². The second-order valence-electron chi connectivity index (χ2n) is 5.98. The normalized spacial score (nSPS) is 10.2. The van der Waals surface area contributed by atoms with Gasteiger partial charge in [0.1, 0.15) is 11.4 Å². The summed E-state index contributed by atoms with van der Waals surface area (Å²) in [4.78, 5) is 25.7. The summed E-state index contributed by atoms with van der Waals surface area (Å²) in [6, 6.07) is 18.7. The zero-order chi connectivity index (χ0) is 20.8. The summed E-state index contributed by atoms with van der Waals surface area (Å²) in [5, 5.41) is 5.89. The molecule has 0 saturated carbocycles. The molecule has 0 saturated heterocycles. The molecular formula is C22H15Cl2FN2O2. The molecule has 0 aromatic heterocycles. The Balaban J connectivity index is 1.93. The van der Waals surface area contributed by atoms with Gasteiger partial charge in [0.25, 0.3) is 11.8 Å². The minimum Gasteiger partial charge on any atom is -0.320 e. The Kier molecular flexibility index (Phi) is 6.65. The highest BCUT2D eigenvalue weighted by atomic mass is 35.5. The van der Waals surface area contributed by atoms with Crippen molar-refractivity contribution >= 4 is 52.5 Å². The van der Waals surface area contributed by atoms with E-state index in [1.54, 1.807) is 48.5 Å². The van der Waals surface area contributed by atoms with Crippen LogP contribution in [0, 0.1) is 5.82 Å². The average Bonchev–Trinajstić information content (AvgIpc) is 2.71. The first-order valence-corrected chi connectivity index (χ1v) is 9.28. The molecule has 0 spiro atoms. The smallest absolute Gasteiger partial charge is 0.261 e. The van der Waals surface area contributed by atoms with Crippen molar-refractivity contribution in [3.63, 3.8) is 0 Å². The van der Waals surface area contributed by atoms with E-state index >= 15 is 0 Å². The maximum atomic E-state index is 13.2. The van der Waals surface area contributed by atoms with E-state index in [0.717, 1.165) is 0 Å². The van der Waals surface area contributed by atoms with Gasteiger partial charge in [-0.2, -0.15) is 0 Å². The highest BCUT2D eigenvalue weighted by Crippen LogP contribution is 2.24. The molecule has 0 atom stereocenters. The zero-order valence-corrected chi connectivity index (χ0v) is 16.5. The Hall–Kier alpha value is -3.15. The third kappa shape index (κ3) is 5.44. The predicted molar refractivity (Wildman–Crippen MR) is 115 cm³/mol. The van der Waals surface area contributed by atoms with Crippen molar-refractivity contribution in [3.8, 4) is 0 Å². The van der Waals surface area contributed by atoms with Crippen molar-refractivity contribution < 1.29 is 14.0 Å². The summed E-state index contributed by atoms with van der Waals surface area (Å²) in [5.74, 6) is -1.77. The van der Waals surface area contributed by atoms with Gasteiger partial charge >= 0.3 is 0 Å². The number of benzene rings is 3. The Bertz CT molecular complexity index is 1020. The summed E-state index contributed by atoms with van der Waals surface area (Å²) in [6.45, 7) is 0. The zero-order valence-electron chi connectivity index (χ0n) is 15.0. The molecule has 0 unspecified atom stereocenters. The van der Waals surface area contributed by atoms with Crippen LogP contribution in [0.15, 0.2) is 78.4 Å². The lowest BCUT2D eigenvalue weighted by Crippen LogP contribution is -2.25. The molecule has 146 valence electrons. The summed E-state index contributed by atoms with van der Waals surface area (Å²) < 4.78 is 13.2. The number of amides is 2. The van der Waals surface area contributed by atoms with E-state index in [1.165, 1.54) is 30.3 Å². The third-order valence-electron chi connectivity index (χ3n) is 3.91. The van der Waals surface area contributed by atoms with Crippen molar-refractivity contribution in [2.24, 2.45) is 0 Å². The number of carbonyl (C=O) groups is 2. The molecule has 3 aromatic rings. The molecule has 0 radical (unpaired) electrons. The molecule has 4 nitrogen and oxygen atoms in total. The monoisotopic (exact) mass is 428 g/mol. The van der Waals surface area contributed by atoms with Gasteiger partial charge in [0.2, 0.25) is 0 Å². The third-order valence-corrected chi connectivity index (χ3v) is 4.57. The first kappa shape index (κ1) is 20.6. The van der Waals surface area contributed by atoms with E-state index in [4.69, 9.17) is 23.2 Å². The maximum Gasteiger partial charge on any atom is 0.261 e. The Morgan fingerprint density at radius 1 is 0.724 bits per heavy atom. The van der Waals surface area contributed by atoms with Crippen molar-refractivity contribution in [2.75, 3.05) is 10.6 Å². The van der Waals surface area contributed by atoms with Crippen LogP contribution in [-0.2, 0) is 9.59 Å². The number of hydrogen-bond donors (Lipinski definition) is 2. The van der Waals surface area contributed by atoms with Crippen LogP contribution in [0.5, 0.6) is 0 Å². The molecule has 0 heterocycles. The van der Waals surface area contributed by atoms with E-state index in [2.05, 4.69) is 10.6 Å². The molecule has 3 rings (SSSR count). The molecule has 29 heavy (non-hydrogen) atoms. The Morgan fingerprint density at radius 3 is 1.62 bits per heavy atom. The van der Waals surface area contributed by atoms with Crippen molar-refractivity contribution in [2.45, 2.75) is 0 Å². The van der Waals surface area contributed by atoms with Gasteiger partial charge < -0.3 is 10.6 Å². The fourth-order valence-electron chi connectivity index (χ4n) is 2.46. The fraction of sp³-hybridized carbons (Fsp3) is 0. The summed E-state index contributed by atoms with van der Waals surface area (Å²) in [7, 11) is 0. The molecular weight excluding hydrogens is 414 g/mol. The summed E-state index contributed by atoms with van der Waals surface area (Å²) >= 11 is 12.2. The molecule has 0 aliphatic carbocycles. The molecule has 7 heteroatoms. The van der Waals surface area contributed by atoms with Gasteiger partial charge in [-0.15, -0.1) is 0 Å². The minimum atomic E-state index is -0.674. The molecule has 2 N–H and O–H groups in total.